The van der Waals surface area contributed by atoms with Crippen LogP contribution >= 0.6 is 0 Å². The molecule has 0 aliphatic carbocycles. The Hall–Kier alpha value is -2.28. The van der Waals surface area contributed by atoms with Crippen molar-refractivity contribution >= 4 is 5.96 Å². The van der Waals surface area contributed by atoms with Crippen LogP contribution in [0.4, 0.5) is 0 Å². The summed E-state index contributed by atoms with van der Waals surface area (Å²) in [6.07, 6.45) is 5.47. The van der Waals surface area contributed by atoms with Gasteiger partial charge in [0, 0.05) is 32.0 Å². The predicted molar refractivity (Wildman–Crippen MR) is 84.5 cm³/mol. The maximum Gasteiger partial charge on any atom is 0.191 e. The molecule has 1 unspecified atom stereocenters. The van der Waals surface area contributed by atoms with Crippen LogP contribution in [0.25, 0.3) is 0 Å². The molecule has 0 saturated carbocycles. The van der Waals surface area contributed by atoms with Crippen LogP contribution in [0.2, 0.25) is 0 Å². The minimum atomic E-state index is -0.727. The number of nitrogens with zero attached hydrogens (tertiary/aromatic N) is 3. The fraction of sp³-hybridized carbons (Fsp3) is 0.467. The molecule has 0 fully saturated rings. The summed E-state index contributed by atoms with van der Waals surface area (Å²) >= 11 is 0. The third kappa shape index (κ3) is 5.25. The molecule has 2 aromatic rings. The number of hydrogen-bond acceptors (Lipinski definition) is 4. The maximum absolute atomic E-state index is 9.96. The van der Waals surface area contributed by atoms with Crippen molar-refractivity contribution in [1.82, 2.24) is 20.4 Å². The first-order valence-corrected chi connectivity index (χ1v) is 7.50. The van der Waals surface area contributed by atoms with Crippen LogP contribution in [0.1, 0.15) is 25.2 Å². The molecule has 2 aromatic heterocycles. The molecule has 0 spiro atoms. The molecule has 7 heteroatoms. The van der Waals surface area contributed by atoms with Crippen molar-refractivity contribution in [2.24, 2.45) is 4.99 Å². The normalized spacial score (nSPS) is 13.1. The standard InChI is InChI=1S/C15H23N5O2/c1-2-16-15(17-7-4-9-20-10-5-8-19-20)18-12-13(21)14-6-3-11-22-14/h3,5-6,8,10-11,13,21H,2,4,7,9,12H2,1H3,(H2,16,17,18). The van der Waals surface area contributed by atoms with Crippen LogP contribution in [0, 0.1) is 0 Å². The molecule has 2 heterocycles. The van der Waals surface area contributed by atoms with Crippen LogP contribution in [0.3, 0.4) is 0 Å². The number of aromatic nitrogens is 2. The molecule has 0 amide bonds. The molecule has 0 aromatic carbocycles. The van der Waals surface area contributed by atoms with E-state index in [1.54, 1.807) is 24.6 Å². The van der Waals surface area contributed by atoms with Crippen LogP contribution in [0.15, 0.2) is 46.3 Å². The van der Waals surface area contributed by atoms with Gasteiger partial charge in [-0.05, 0) is 31.5 Å². The molecule has 22 heavy (non-hydrogen) atoms. The van der Waals surface area contributed by atoms with E-state index in [1.165, 1.54) is 0 Å². The molecule has 0 aliphatic rings. The third-order valence-corrected chi connectivity index (χ3v) is 3.05. The lowest BCUT2D eigenvalue weighted by atomic mass is 10.3. The molecule has 7 nitrogen and oxygen atoms in total. The molecule has 0 bridgehead atoms. The smallest absolute Gasteiger partial charge is 0.191 e. The molecule has 120 valence electrons. The number of aliphatic hydroxyl groups is 1. The zero-order chi connectivity index (χ0) is 15.6. The zero-order valence-electron chi connectivity index (χ0n) is 12.8. The second-order valence-corrected chi connectivity index (χ2v) is 4.80. The van der Waals surface area contributed by atoms with Gasteiger partial charge in [-0.15, -0.1) is 0 Å². The summed E-state index contributed by atoms with van der Waals surface area (Å²) in [4.78, 5) is 4.37. The van der Waals surface area contributed by atoms with E-state index >= 15 is 0 Å². The highest BCUT2D eigenvalue weighted by molar-refractivity contribution is 5.79. The van der Waals surface area contributed by atoms with Crippen LogP contribution in [0.5, 0.6) is 0 Å². The molecule has 1 atom stereocenters. The first kappa shape index (κ1) is 16.1. The highest BCUT2D eigenvalue weighted by atomic mass is 16.4. The van der Waals surface area contributed by atoms with Crippen molar-refractivity contribution in [3.8, 4) is 0 Å². The summed E-state index contributed by atoms with van der Waals surface area (Å²) in [6.45, 7) is 4.66. The van der Waals surface area contributed by atoms with Gasteiger partial charge in [-0.25, -0.2) is 0 Å². The van der Waals surface area contributed by atoms with Crippen molar-refractivity contribution in [1.29, 1.82) is 0 Å². The zero-order valence-corrected chi connectivity index (χ0v) is 12.8. The second-order valence-electron chi connectivity index (χ2n) is 4.80. The number of guanidine groups is 1. The molecule has 0 aliphatic heterocycles. The Morgan fingerprint density at radius 2 is 2.36 bits per heavy atom. The van der Waals surface area contributed by atoms with E-state index in [4.69, 9.17) is 4.42 Å². The Labute approximate surface area is 130 Å². The lowest BCUT2D eigenvalue weighted by molar-refractivity contribution is 0.158. The van der Waals surface area contributed by atoms with Gasteiger partial charge in [0.05, 0.1) is 12.8 Å². The van der Waals surface area contributed by atoms with Crippen molar-refractivity contribution < 1.29 is 9.52 Å². The average Bonchev–Trinajstić information content (AvgIpc) is 3.21. The minimum absolute atomic E-state index is 0.252. The largest absolute Gasteiger partial charge is 0.467 e. The van der Waals surface area contributed by atoms with Crippen molar-refractivity contribution in [2.45, 2.75) is 26.0 Å². The van der Waals surface area contributed by atoms with E-state index in [9.17, 15) is 5.11 Å². The number of aliphatic hydroxyl groups excluding tert-OH is 1. The summed E-state index contributed by atoms with van der Waals surface area (Å²) in [5.74, 6) is 1.21. The second kappa shape index (κ2) is 8.89. The summed E-state index contributed by atoms with van der Waals surface area (Å²) in [5.41, 5.74) is 0. The summed E-state index contributed by atoms with van der Waals surface area (Å²) in [5, 5.41) is 20.5. The van der Waals surface area contributed by atoms with Gasteiger partial charge >= 0.3 is 0 Å². The molecular formula is C15H23N5O2. The number of nitrogens with one attached hydrogen (secondary N) is 2. The van der Waals surface area contributed by atoms with E-state index in [0.717, 1.165) is 26.1 Å². The van der Waals surface area contributed by atoms with Gasteiger partial charge in [0.15, 0.2) is 5.96 Å². The van der Waals surface area contributed by atoms with Gasteiger partial charge in [-0.1, -0.05) is 0 Å². The first-order chi connectivity index (χ1) is 10.8. The van der Waals surface area contributed by atoms with Gasteiger partial charge in [0.25, 0.3) is 0 Å². The Morgan fingerprint density at radius 3 is 3.05 bits per heavy atom. The number of hydrogen-bond donors (Lipinski definition) is 3. The first-order valence-electron chi connectivity index (χ1n) is 7.50. The molecule has 0 saturated heterocycles. The summed E-state index contributed by atoms with van der Waals surface area (Å²) < 4.78 is 7.05. The SMILES string of the molecule is CCNC(=NCC(O)c1ccco1)NCCCn1cccn1. The van der Waals surface area contributed by atoms with Gasteiger partial charge in [-0.2, -0.15) is 5.10 Å². The summed E-state index contributed by atoms with van der Waals surface area (Å²) in [6, 6.07) is 5.40. The number of aliphatic imine (C=N–C) groups is 1. The minimum Gasteiger partial charge on any atom is -0.467 e. The Balaban J connectivity index is 1.74. The lowest BCUT2D eigenvalue weighted by Gasteiger charge is -2.12. The number of aryl methyl sites for hydroxylation is 1. The molecule has 2 rings (SSSR count). The van der Waals surface area contributed by atoms with Crippen molar-refractivity contribution in [3.63, 3.8) is 0 Å². The number of rotatable bonds is 8. The van der Waals surface area contributed by atoms with Crippen LogP contribution in [-0.4, -0.2) is 40.5 Å². The predicted octanol–water partition coefficient (Wildman–Crippen LogP) is 1.15. The van der Waals surface area contributed by atoms with E-state index in [0.29, 0.717) is 11.7 Å². The topological polar surface area (TPSA) is 87.6 Å². The monoisotopic (exact) mass is 305 g/mol. The number of furan rings is 1. The van der Waals surface area contributed by atoms with Crippen LogP contribution < -0.4 is 10.6 Å². The van der Waals surface area contributed by atoms with E-state index in [1.807, 2.05) is 23.9 Å². The van der Waals surface area contributed by atoms with Gasteiger partial charge < -0.3 is 20.2 Å². The highest BCUT2D eigenvalue weighted by Gasteiger charge is 2.09. The maximum atomic E-state index is 9.96. The van der Waals surface area contributed by atoms with E-state index in [-0.39, 0.29) is 6.54 Å². The van der Waals surface area contributed by atoms with Gasteiger partial charge in [0.1, 0.15) is 11.9 Å². The van der Waals surface area contributed by atoms with Gasteiger partial charge in [-0.3, -0.25) is 9.67 Å². The Bertz CT molecular complexity index is 536. The quantitative estimate of drug-likeness (QED) is 0.387. The fourth-order valence-electron chi connectivity index (χ4n) is 1.97. The van der Waals surface area contributed by atoms with E-state index < -0.39 is 6.10 Å². The lowest BCUT2D eigenvalue weighted by Crippen LogP contribution is -2.38. The average molecular weight is 305 g/mol. The fourth-order valence-corrected chi connectivity index (χ4v) is 1.97. The third-order valence-electron chi connectivity index (χ3n) is 3.05. The van der Waals surface area contributed by atoms with E-state index in [2.05, 4.69) is 20.7 Å². The van der Waals surface area contributed by atoms with Crippen molar-refractivity contribution in [3.05, 3.63) is 42.6 Å². The van der Waals surface area contributed by atoms with Crippen LogP contribution in [-0.2, 0) is 6.54 Å². The Kier molecular flexibility index (Phi) is 6.50. The molecule has 3 N–H and O–H groups in total. The van der Waals surface area contributed by atoms with Gasteiger partial charge in [0.2, 0.25) is 0 Å². The molecule has 0 radical (unpaired) electrons. The highest BCUT2D eigenvalue weighted by Crippen LogP contribution is 2.12. The molecular weight excluding hydrogens is 282 g/mol. The summed E-state index contributed by atoms with van der Waals surface area (Å²) in [7, 11) is 0. The Morgan fingerprint density at radius 1 is 1.45 bits per heavy atom. The van der Waals surface area contributed by atoms with Crippen molar-refractivity contribution in [2.75, 3.05) is 19.6 Å².